The molecular formula is C9H11ClN4O. The molecule has 1 atom stereocenters. The number of likely N-dealkylation sites (N-methyl/N-ethyl adjacent to an activating group) is 1. The molecule has 1 aliphatic heterocycles. The molecule has 1 amide bonds. The highest BCUT2D eigenvalue weighted by Crippen LogP contribution is 2.29. The van der Waals surface area contributed by atoms with Crippen LogP contribution in [0.3, 0.4) is 0 Å². The Morgan fingerprint density at radius 1 is 1.67 bits per heavy atom. The Kier molecular flexibility index (Phi) is 2.48. The number of carbonyl (C=O) groups is 1. The van der Waals surface area contributed by atoms with Gasteiger partial charge >= 0.3 is 0 Å². The van der Waals surface area contributed by atoms with E-state index in [1.165, 1.54) is 6.20 Å². The predicted molar refractivity (Wildman–Crippen MR) is 58.2 cm³/mol. The van der Waals surface area contributed by atoms with Crippen molar-refractivity contribution >= 4 is 29.0 Å². The molecule has 6 heteroatoms. The summed E-state index contributed by atoms with van der Waals surface area (Å²) in [5, 5.41) is 2.94. The minimum absolute atomic E-state index is 0.0292. The predicted octanol–water partition coefficient (Wildman–Crippen LogP) is 1.30. The Morgan fingerprint density at radius 2 is 2.40 bits per heavy atom. The van der Waals surface area contributed by atoms with Gasteiger partial charge in [-0.15, -0.1) is 0 Å². The lowest BCUT2D eigenvalue weighted by molar-refractivity contribution is -0.117. The van der Waals surface area contributed by atoms with Crippen LogP contribution >= 0.6 is 11.6 Å². The first-order valence-corrected chi connectivity index (χ1v) is 5.07. The molecule has 5 nitrogen and oxygen atoms in total. The van der Waals surface area contributed by atoms with Gasteiger partial charge in [0.05, 0.1) is 6.20 Å². The zero-order valence-corrected chi connectivity index (χ0v) is 9.25. The maximum atomic E-state index is 11.6. The molecule has 0 bridgehead atoms. The lowest BCUT2D eigenvalue weighted by Gasteiger charge is -2.33. The molecule has 1 aromatic heterocycles. The van der Waals surface area contributed by atoms with Crippen LogP contribution in [0.25, 0.3) is 0 Å². The number of hydrogen-bond acceptors (Lipinski definition) is 4. The third-order valence-corrected chi connectivity index (χ3v) is 2.67. The lowest BCUT2D eigenvalue weighted by atomic mass is 10.1. The van der Waals surface area contributed by atoms with E-state index in [9.17, 15) is 4.79 Å². The summed E-state index contributed by atoms with van der Waals surface area (Å²) in [6, 6.07) is -0.191. The maximum absolute atomic E-state index is 11.6. The van der Waals surface area contributed by atoms with Crippen LogP contribution in [-0.2, 0) is 4.79 Å². The van der Waals surface area contributed by atoms with Crippen molar-refractivity contribution in [1.82, 2.24) is 9.97 Å². The number of aromatic nitrogens is 2. The van der Waals surface area contributed by atoms with Gasteiger partial charge < -0.3 is 10.2 Å². The summed E-state index contributed by atoms with van der Waals surface area (Å²) in [6.45, 7) is 1.95. The quantitative estimate of drug-likeness (QED) is 0.734. The van der Waals surface area contributed by atoms with Crippen LogP contribution in [-0.4, -0.2) is 29.0 Å². The van der Waals surface area contributed by atoms with E-state index in [-0.39, 0.29) is 17.2 Å². The normalized spacial score (nSPS) is 19.8. The zero-order chi connectivity index (χ0) is 11.0. The van der Waals surface area contributed by atoms with Crippen LogP contribution in [0.5, 0.6) is 0 Å². The van der Waals surface area contributed by atoms with Crippen molar-refractivity contribution in [3.63, 3.8) is 0 Å². The van der Waals surface area contributed by atoms with Crippen LogP contribution < -0.4 is 10.2 Å². The smallest absolute Gasteiger partial charge is 0.247 e. The fourth-order valence-corrected chi connectivity index (χ4v) is 1.84. The number of amides is 1. The second kappa shape index (κ2) is 3.66. The van der Waals surface area contributed by atoms with Gasteiger partial charge in [0, 0.05) is 7.05 Å². The molecule has 0 spiro atoms. The Hall–Kier alpha value is -1.36. The molecule has 0 saturated carbocycles. The van der Waals surface area contributed by atoms with Crippen LogP contribution in [0.2, 0.25) is 5.28 Å². The summed E-state index contributed by atoms with van der Waals surface area (Å²) in [5.74, 6) is 0.639. The third-order valence-electron chi connectivity index (χ3n) is 2.49. The highest BCUT2D eigenvalue weighted by molar-refractivity contribution is 6.28. The molecule has 0 aromatic carbocycles. The van der Waals surface area contributed by atoms with Crippen LogP contribution in [0, 0.1) is 0 Å². The average molecular weight is 227 g/mol. The molecule has 1 aromatic rings. The van der Waals surface area contributed by atoms with E-state index in [2.05, 4.69) is 15.3 Å². The standard InChI is InChI=1S/C9H11ClN4O/c1-3-6-8(15)12-5-4-11-9(10)13-7(5)14(6)2/h4,6H,3H2,1-2H3,(H,12,15)/t6-/m0/s1. The van der Waals surface area contributed by atoms with Gasteiger partial charge in [-0.25, -0.2) is 4.98 Å². The number of hydrogen-bond donors (Lipinski definition) is 1. The average Bonchev–Trinajstić information content (AvgIpc) is 2.20. The van der Waals surface area contributed by atoms with E-state index in [1.54, 1.807) is 0 Å². The van der Waals surface area contributed by atoms with E-state index in [0.29, 0.717) is 11.5 Å². The molecule has 0 unspecified atom stereocenters. The van der Waals surface area contributed by atoms with Gasteiger partial charge in [-0.05, 0) is 18.0 Å². The zero-order valence-electron chi connectivity index (χ0n) is 8.49. The largest absolute Gasteiger partial charge is 0.346 e. The van der Waals surface area contributed by atoms with Crippen molar-refractivity contribution in [3.8, 4) is 0 Å². The SMILES string of the molecule is CC[C@H]1C(=O)Nc2cnc(Cl)nc2N1C. The number of halogens is 1. The van der Waals surface area contributed by atoms with Crippen molar-refractivity contribution in [2.75, 3.05) is 17.3 Å². The summed E-state index contributed by atoms with van der Waals surface area (Å²) in [7, 11) is 1.83. The van der Waals surface area contributed by atoms with Crippen molar-refractivity contribution < 1.29 is 4.79 Å². The first kappa shape index (κ1) is 10.2. The molecule has 15 heavy (non-hydrogen) atoms. The molecule has 2 rings (SSSR count). The maximum Gasteiger partial charge on any atom is 0.247 e. The molecule has 0 fully saturated rings. The number of nitrogens with zero attached hydrogens (tertiary/aromatic N) is 3. The van der Waals surface area contributed by atoms with E-state index >= 15 is 0 Å². The van der Waals surface area contributed by atoms with Gasteiger partial charge in [0.2, 0.25) is 11.2 Å². The van der Waals surface area contributed by atoms with Crippen molar-refractivity contribution in [1.29, 1.82) is 0 Å². The minimum atomic E-state index is -0.191. The van der Waals surface area contributed by atoms with Crippen LogP contribution in [0.4, 0.5) is 11.5 Å². The van der Waals surface area contributed by atoms with Crippen molar-refractivity contribution in [3.05, 3.63) is 11.5 Å². The Morgan fingerprint density at radius 3 is 3.07 bits per heavy atom. The second-order valence-corrected chi connectivity index (χ2v) is 3.74. The summed E-state index contributed by atoms with van der Waals surface area (Å²) in [4.78, 5) is 21.4. The highest BCUT2D eigenvalue weighted by atomic mass is 35.5. The van der Waals surface area contributed by atoms with Gasteiger partial charge in [0.1, 0.15) is 11.7 Å². The van der Waals surface area contributed by atoms with E-state index in [4.69, 9.17) is 11.6 Å². The number of nitrogens with one attached hydrogen (secondary N) is 1. The lowest BCUT2D eigenvalue weighted by Crippen LogP contribution is -2.46. The van der Waals surface area contributed by atoms with Crippen molar-refractivity contribution in [2.45, 2.75) is 19.4 Å². The fraction of sp³-hybridized carbons (Fsp3) is 0.444. The Bertz CT molecular complexity index is 409. The third kappa shape index (κ3) is 1.63. The van der Waals surface area contributed by atoms with Crippen molar-refractivity contribution in [2.24, 2.45) is 0 Å². The summed E-state index contributed by atoms with van der Waals surface area (Å²) in [5.41, 5.74) is 0.608. The molecule has 1 aliphatic rings. The monoisotopic (exact) mass is 226 g/mol. The highest BCUT2D eigenvalue weighted by Gasteiger charge is 2.30. The first-order chi connectivity index (χ1) is 7.13. The molecule has 0 radical (unpaired) electrons. The van der Waals surface area contributed by atoms with Gasteiger partial charge in [-0.3, -0.25) is 4.79 Å². The number of carbonyl (C=O) groups excluding carboxylic acids is 1. The van der Waals surface area contributed by atoms with E-state index in [1.807, 2.05) is 18.9 Å². The minimum Gasteiger partial charge on any atom is -0.346 e. The molecular weight excluding hydrogens is 216 g/mol. The Balaban J connectivity index is 2.46. The van der Waals surface area contributed by atoms with E-state index < -0.39 is 0 Å². The fourth-order valence-electron chi connectivity index (χ4n) is 1.71. The molecule has 2 heterocycles. The first-order valence-electron chi connectivity index (χ1n) is 4.69. The number of rotatable bonds is 1. The van der Waals surface area contributed by atoms with Gasteiger partial charge in [-0.2, -0.15) is 4.98 Å². The van der Waals surface area contributed by atoms with Crippen LogP contribution in [0.1, 0.15) is 13.3 Å². The summed E-state index contributed by atoms with van der Waals surface area (Å²) in [6.07, 6.45) is 2.24. The Labute approximate surface area is 92.5 Å². The van der Waals surface area contributed by atoms with Gasteiger partial charge in [0.15, 0.2) is 5.82 Å². The number of fused-ring (bicyclic) bond motifs is 1. The molecule has 80 valence electrons. The molecule has 0 aliphatic carbocycles. The summed E-state index contributed by atoms with van der Waals surface area (Å²) < 4.78 is 0. The second-order valence-electron chi connectivity index (χ2n) is 3.40. The molecule has 0 saturated heterocycles. The van der Waals surface area contributed by atoms with Gasteiger partial charge in [-0.1, -0.05) is 6.92 Å². The molecule has 1 N–H and O–H groups in total. The van der Waals surface area contributed by atoms with Gasteiger partial charge in [0.25, 0.3) is 0 Å². The van der Waals surface area contributed by atoms with Crippen LogP contribution in [0.15, 0.2) is 6.20 Å². The van der Waals surface area contributed by atoms with E-state index in [0.717, 1.165) is 6.42 Å². The summed E-state index contributed by atoms with van der Waals surface area (Å²) >= 11 is 5.71. The number of anilines is 2. The topological polar surface area (TPSA) is 58.1 Å².